The maximum atomic E-state index is 13.0. The van der Waals surface area contributed by atoms with Gasteiger partial charge in [-0.1, -0.05) is 6.07 Å². The molecular formula is C26H31NO6. The van der Waals surface area contributed by atoms with Gasteiger partial charge in [0.2, 0.25) is 0 Å². The van der Waals surface area contributed by atoms with Crippen molar-refractivity contribution in [3.8, 4) is 17.2 Å². The van der Waals surface area contributed by atoms with Crippen LogP contribution in [0.1, 0.15) is 31.9 Å². The number of rotatable bonds is 4. The lowest BCUT2D eigenvalue weighted by molar-refractivity contribution is 0.00486. The van der Waals surface area contributed by atoms with Crippen LogP contribution in [0.15, 0.2) is 30.3 Å². The number of ether oxygens (including phenoxy) is 4. The molecule has 3 aromatic rings. The molecule has 0 aliphatic carbocycles. The minimum Gasteiger partial charge on any atom is -0.497 e. The fraction of sp³-hybridized carbons (Fsp3) is 0.423. The monoisotopic (exact) mass is 453 g/mol. The van der Waals surface area contributed by atoms with E-state index in [1.165, 1.54) is 0 Å². The van der Waals surface area contributed by atoms with Gasteiger partial charge in [0.05, 0.1) is 40.5 Å². The molecule has 1 unspecified atom stereocenters. The third kappa shape index (κ3) is 4.13. The molecule has 3 aromatic carbocycles. The first-order valence-electron chi connectivity index (χ1n) is 11.0. The summed E-state index contributed by atoms with van der Waals surface area (Å²) >= 11 is 0. The number of benzene rings is 3. The van der Waals surface area contributed by atoms with Gasteiger partial charge in [0, 0.05) is 0 Å². The summed E-state index contributed by atoms with van der Waals surface area (Å²) in [7, 11) is 4.87. The van der Waals surface area contributed by atoms with Crippen LogP contribution < -0.4 is 14.2 Å². The van der Waals surface area contributed by atoms with Gasteiger partial charge in [-0.3, -0.25) is 4.90 Å². The molecule has 0 fully saturated rings. The Kier molecular flexibility index (Phi) is 6.01. The smallest absolute Gasteiger partial charge is 0.410 e. The number of hydrogen-bond donors (Lipinski definition) is 1. The van der Waals surface area contributed by atoms with Crippen LogP contribution >= 0.6 is 0 Å². The highest BCUT2D eigenvalue weighted by Gasteiger charge is 2.34. The van der Waals surface area contributed by atoms with E-state index >= 15 is 0 Å². The van der Waals surface area contributed by atoms with Crippen LogP contribution in [0.2, 0.25) is 0 Å². The first-order chi connectivity index (χ1) is 15.7. The molecule has 4 rings (SSSR count). The highest BCUT2D eigenvalue weighted by atomic mass is 16.6. The number of carbonyl (C=O) groups is 1. The van der Waals surface area contributed by atoms with E-state index in [9.17, 15) is 9.90 Å². The minimum absolute atomic E-state index is 0.159. The molecule has 0 aromatic heterocycles. The van der Waals surface area contributed by atoms with E-state index in [0.29, 0.717) is 24.5 Å². The number of amides is 1. The summed E-state index contributed by atoms with van der Waals surface area (Å²) < 4.78 is 22.3. The molecule has 1 aliphatic heterocycles. The molecular weight excluding hydrogens is 422 g/mol. The maximum Gasteiger partial charge on any atom is 0.410 e. The Bertz CT molecular complexity index is 1210. The molecule has 1 heterocycles. The normalized spacial score (nSPS) is 16.0. The standard InChI is InChI=1S/C26H31NO6/c1-26(2,3)33-25(29)27-13-22-17-8-7-16(30-4)10-19(17)21-12-24(32-6)23(31-5)11-20(21)18(22)9-15(27)14-28/h7-8,10-12,15,28H,9,13-14H2,1-6H3. The Hall–Kier alpha value is -3.19. The quantitative estimate of drug-likeness (QED) is 0.579. The maximum absolute atomic E-state index is 13.0. The largest absolute Gasteiger partial charge is 0.497 e. The summed E-state index contributed by atoms with van der Waals surface area (Å²) in [6.45, 7) is 5.69. The van der Waals surface area contributed by atoms with Gasteiger partial charge >= 0.3 is 6.09 Å². The Morgan fingerprint density at radius 3 is 2.15 bits per heavy atom. The third-order valence-corrected chi connectivity index (χ3v) is 6.10. The van der Waals surface area contributed by atoms with Crippen molar-refractivity contribution in [3.05, 3.63) is 41.5 Å². The third-order valence-electron chi connectivity index (χ3n) is 6.10. The number of hydrogen-bond acceptors (Lipinski definition) is 6. The molecule has 1 N–H and O–H groups in total. The number of aliphatic hydroxyl groups is 1. The molecule has 1 aliphatic rings. The van der Waals surface area contributed by atoms with Crippen molar-refractivity contribution in [2.45, 2.75) is 45.4 Å². The second-order valence-corrected chi connectivity index (χ2v) is 9.27. The highest BCUT2D eigenvalue weighted by molar-refractivity contribution is 6.12. The predicted molar refractivity (Wildman–Crippen MR) is 127 cm³/mol. The molecule has 0 saturated carbocycles. The fourth-order valence-electron chi connectivity index (χ4n) is 4.57. The molecule has 0 saturated heterocycles. The molecule has 7 heteroatoms. The second-order valence-electron chi connectivity index (χ2n) is 9.27. The summed E-state index contributed by atoms with van der Waals surface area (Å²) in [6.07, 6.45) is 0.0697. The molecule has 7 nitrogen and oxygen atoms in total. The summed E-state index contributed by atoms with van der Waals surface area (Å²) in [5, 5.41) is 14.2. The van der Waals surface area contributed by atoms with Crippen molar-refractivity contribution in [1.82, 2.24) is 4.90 Å². The summed E-state index contributed by atoms with van der Waals surface area (Å²) in [5.74, 6) is 2.01. The Morgan fingerprint density at radius 1 is 0.939 bits per heavy atom. The van der Waals surface area contributed by atoms with Crippen LogP contribution in [0, 0.1) is 0 Å². The predicted octanol–water partition coefficient (Wildman–Crippen LogP) is 4.67. The Labute approximate surface area is 193 Å². The van der Waals surface area contributed by atoms with Crippen molar-refractivity contribution >= 4 is 27.6 Å². The van der Waals surface area contributed by atoms with Crippen molar-refractivity contribution in [1.29, 1.82) is 0 Å². The zero-order valence-corrected chi connectivity index (χ0v) is 20.0. The topological polar surface area (TPSA) is 77.5 Å². The van der Waals surface area contributed by atoms with Gasteiger partial charge in [-0.25, -0.2) is 4.79 Å². The number of nitrogens with zero attached hydrogens (tertiary/aromatic N) is 1. The number of fused-ring (bicyclic) bond motifs is 6. The van der Waals surface area contributed by atoms with E-state index in [-0.39, 0.29) is 12.6 Å². The lowest BCUT2D eigenvalue weighted by Gasteiger charge is -2.38. The van der Waals surface area contributed by atoms with Crippen LogP contribution in [0.5, 0.6) is 17.2 Å². The van der Waals surface area contributed by atoms with Crippen molar-refractivity contribution in [2.75, 3.05) is 27.9 Å². The number of carbonyl (C=O) groups excluding carboxylic acids is 1. The van der Waals surface area contributed by atoms with E-state index in [1.807, 2.05) is 51.1 Å². The molecule has 0 spiro atoms. The van der Waals surface area contributed by atoms with Gasteiger partial charge < -0.3 is 24.1 Å². The van der Waals surface area contributed by atoms with Crippen LogP contribution in [-0.2, 0) is 17.7 Å². The molecule has 176 valence electrons. The van der Waals surface area contributed by atoms with Gasteiger partial charge in [-0.15, -0.1) is 0 Å². The first-order valence-corrected chi connectivity index (χ1v) is 11.0. The van der Waals surface area contributed by atoms with Crippen LogP contribution in [0.4, 0.5) is 4.79 Å². The minimum atomic E-state index is -0.625. The second kappa shape index (κ2) is 8.63. The number of methoxy groups -OCH3 is 3. The van der Waals surface area contributed by atoms with Gasteiger partial charge in [-0.05, 0) is 84.1 Å². The van der Waals surface area contributed by atoms with E-state index in [0.717, 1.165) is 38.4 Å². The van der Waals surface area contributed by atoms with Crippen molar-refractivity contribution in [3.63, 3.8) is 0 Å². The molecule has 0 bridgehead atoms. The molecule has 1 amide bonds. The number of aliphatic hydroxyl groups excluding tert-OH is 1. The van der Waals surface area contributed by atoms with Gasteiger partial charge in [0.25, 0.3) is 0 Å². The van der Waals surface area contributed by atoms with E-state index in [1.54, 1.807) is 26.2 Å². The lowest BCUT2D eigenvalue weighted by Crippen LogP contribution is -2.48. The first kappa shape index (κ1) is 23.0. The average Bonchev–Trinajstić information content (AvgIpc) is 2.80. The van der Waals surface area contributed by atoms with Crippen molar-refractivity contribution in [2.24, 2.45) is 0 Å². The van der Waals surface area contributed by atoms with Crippen LogP contribution in [0.3, 0.4) is 0 Å². The summed E-state index contributed by atoms with van der Waals surface area (Å²) in [4.78, 5) is 14.6. The van der Waals surface area contributed by atoms with Crippen LogP contribution in [-0.4, -0.2) is 55.7 Å². The van der Waals surface area contributed by atoms with Crippen molar-refractivity contribution < 1.29 is 28.8 Å². The molecule has 33 heavy (non-hydrogen) atoms. The van der Waals surface area contributed by atoms with Gasteiger partial charge in [0.15, 0.2) is 11.5 Å². The Balaban J connectivity index is 1.99. The highest BCUT2D eigenvalue weighted by Crippen LogP contribution is 2.43. The zero-order chi connectivity index (χ0) is 23.9. The van der Waals surface area contributed by atoms with Gasteiger partial charge in [0.1, 0.15) is 11.4 Å². The fourth-order valence-corrected chi connectivity index (χ4v) is 4.57. The SMILES string of the molecule is COc1ccc2c3c(c4cc(OC)c(OC)cc4c2c1)CC(CO)N(C(=O)OC(C)(C)C)C3. The van der Waals surface area contributed by atoms with Gasteiger partial charge in [-0.2, -0.15) is 0 Å². The van der Waals surface area contributed by atoms with E-state index in [4.69, 9.17) is 18.9 Å². The van der Waals surface area contributed by atoms with E-state index < -0.39 is 11.7 Å². The van der Waals surface area contributed by atoms with Crippen LogP contribution in [0.25, 0.3) is 21.5 Å². The molecule has 1 atom stereocenters. The van der Waals surface area contributed by atoms with E-state index in [2.05, 4.69) is 0 Å². The molecule has 0 radical (unpaired) electrons. The Morgan fingerprint density at radius 2 is 1.58 bits per heavy atom. The lowest BCUT2D eigenvalue weighted by atomic mass is 9.85. The zero-order valence-electron chi connectivity index (χ0n) is 20.0. The summed E-state index contributed by atoms with van der Waals surface area (Å²) in [5.41, 5.74) is 1.49. The summed E-state index contributed by atoms with van der Waals surface area (Å²) in [6, 6.07) is 9.51. The average molecular weight is 454 g/mol.